The van der Waals surface area contributed by atoms with Crippen molar-refractivity contribution in [2.24, 2.45) is 4.99 Å². The van der Waals surface area contributed by atoms with Crippen molar-refractivity contribution in [3.05, 3.63) is 72.3 Å². The summed E-state index contributed by atoms with van der Waals surface area (Å²) in [5.74, 6) is 2.35. The van der Waals surface area contributed by atoms with Crippen LogP contribution in [0.1, 0.15) is 32.2 Å². The standard InChI is InChI=1S/C22H28N6O/c1-22(2,3)29-19-13-9-8-10-17(19)14-24-21(23-4)25-15-20-27-26-16-28(20)18-11-6-5-7-12-18/h5-13,16H,14-15H2,1-4H3,(H2,23,24,25). The van der Waals surface area contributed by atoms with Crippen molar-refractivity contribution in [3.8, 4) is 11.4 Å². The molecule has 152 valence electrons. The number of nitrogens with one attached hydrogen (secondary N) is 2. The third-order valence-electron chi connectivity index (χ3n) is 4.13. The molecule has 0 aliphatic rings. The maximum absolute atomic E-state index is 6.06. The summed E-state index contributed by atoms with van der Waals surface area (Å²) < 4.78 is 8.01. The van der Waals surface area contributed by atoms with Crippen molar-refractivity contribution in [2.45, 2.75) is 39.5 Å². The summed E-state index contributed by atoms with van der Waals surface area (Å²) in [6, 6.07) is 18.0. The Hall–Kier alpha value is -3.35. The molecule has 0 fully saturated rings. The van der Waals surface area contributed by atoms with Gasteiger partial charge < -0.3 is 15.4 Å². The highest BCUT2D eigenvalue weighted by atomic mass is 16.5. The molecule has 2 aromatic carbocycles. The molecule has 2 N–H and O–H groups in total. The Kier molecular flexibility index (Phi) is 6.49. The van der Waals surface area contributed by atoms with Gasteiger partial charge in [-0.25, -0.2) is 0 Å². The molecular weight excluding hydrogens is 364 g/mol. The molecule has 3 rings (SSSR count). The third-order valence-corrected chi connectivity index (χ3v) is 4.13. The number of ether oxygens (including phenoxy) is 1. The summed E-state index contributed by atoms with van der Waals surface area (Å²) in [5.41, 5.74) is 1.83. The predicted molar refractivity (Wildman–Crippen MR) is 115 cm³/mol. The Morgan fingerprint density at radius 1 is 1.00 bits per heavy atom. The van der Waals surface area contributed by atoms with E-state index < -0.39 is 0 Å². The SMILES string of the molecule is CN=C(NCc1ccccc1OC(C)(C)C)NCc1nncn1-c1ccccc1. The van der Waals surface area contributed by atoms with Crippen LogP contribution in [0.25, 0.3) is 5.69 Å². The Morgan fingerprint density at radius 3 is 2.41 bits per heavy atom. The molecule has 3 aromatic rings. The first-order valence-corrected chi connectivity index (χ1v) is 9.62. The zero-order valence-electron chi connectivity index (χ0n) is 17.4. The fraction of sp³-hybridized carbons (Fsp3) is 0.318. The summed E-state index contributed by atoms with van der Waals surface area (Å²) in [4.78, 5) is 4.31. The van der Waals surface area contributed by atoms with E-state index >= 15 is 0 Å². The van der Waals surface area contributed by atoms with E-state index in [1.54, 1.807) is 13.4 Å². The zero-order valence-corrected chi connectivity index (χ0v) is 17.4. The number of aliphatic imine (C=N–C) groups is 1. The van der Waals surface area contributed by atoms with Gasteiger partial charge >= 0.3 is 0 Å². The predicted octanol–water partition coefficient (Wildman–Crippen LogP) is 3.31. The van der Waals surface area contributed by atoms with Gasteiger partial charge in [-0.2, -0.15) is 0 Å². The minimum absolute atomic E-state index is 0.252. The van der Waals surface area contributed by atoms with Gasteiger partial charge in [-0.3, -0.25) is 9.56 Å². The molecule has 0 aliphatic carbocycles. The van der Waals surface area contributed by atoms with E-state index in [9.17, 15) is 0 Å². The second-order valence-corrected chi connectivity index (χ2v) is 7.55. The molecule has 0 aliphatic heterocycles. The van der Waals surface area contributed by atoms with Crippen molar-refractivity contribution >= 4 is 5.96 Å². The topological polar surface area (TPSA) is 76.4 Å². The first-order chi connectivity index (χ1) is 14.0. The summed E-state index contributed by atoms with van der Waals surface area (Å²) >= 11 is 0. The lowest BCUT2D eigenvalue weighted by Gasteiger charge is -2.23. The third kappa shape index (κ3) is 5.81. The van der Waals surface area contributed by atoms with Crippen molar-refractivity contribution < 1.29 is 4.74 Å². The molecule has 0 atom stereocenters. The van der Waals surface area contributed by atoms with Gasteiger partial charge in [0.2, 0.25) is 0 Å². The van der Waals surface area contributed by atoms with Gasteiger partial charge in [0.25, 0.3) is 0 Å². The van der Waals surface area contributed by atoms with E-state index in [1.165, 1.54) is 0 Å². The molecule has 1 aromatic heterocycles. The van der Waals surface area contributed by atoms with Crippen LogP contribution in [0.5, 0.6) is 5.75 Å². The van der Waals surface area contributed by atoms with Crippen LogP contribution in [-0.2, 0) is 13.1 Å². The van der Waals surface area contributed by atoms with E-state index in [0.717, 1.165) is 22.8 Å². The van der Waals surface area contributed by atoms with Gasteiger partial charge in [0.15, 0.2) is 11.8 Å². The number of guanidine groups is 1. The van der Waals surface area contributed by atoms with Gasteiger partial charge in [0, 0.05) is 24.8 Å². The van der Waals surface area contributed by atoms with Crippen LogP contribution in [-0.4, -0.2) is 33.4 Å². The van der Waals surface area contributed by atoms with E-state index in [-0.39, 0.29) is 5.60 Å². The van der Waals surface area contributed by atoms with Gasteiger partial charge in [-0.1, -0.05) is 36.4 Å². The second kappa shape index (κ2) is 9.23. The Morgan fingerprint density at radius 2 is 1.69 bits per heavy atom. The zero-order chi connectivity index (χ0) is 20.7. The smallest absolute Gasteiger partial charge is 0.191 e. The van der Waals surface area contributed by atoms with Crippen LogP contribution in [0, 0.1) is 0 Å². The highest BCUT2D eigenvalue weighted by Gasteiger charge is 2.14. The average Bonchev–Trinajstić information content (AvgIpc) is 3.17. The fourth-order valence-corrected chi connectivity index (χ4v) is 2.83. The maximum atomic E-state index is 6.06. The molecule has 0 radical (unpaired) electrons. The lowest BCUT2D eigenvalue weighted by atomic mass is 10.1. The first-order valence-electron chi connectivity index (χ1n) is 9.62. The Bertz CT molecular complexity index is 943. The summed E-state index contributed by atoms with van der Waals surface area (Å²) in [6.45, 7) is 7.22. The van der Waals surface area contributed by atoms with Gasteiger partial charge in [-0.05, 0) is 39.0 Å². The number of rotatable bonds is 6. The average molecular weight is 393 g/mol. The molecular formula is C22H28N6O. The number of nitrogens with zero attached hydrogens (tertiary/aromatic N) is 4. The summed E-state index contributed by atoms with van der Waals surface area (Å²) in [6.07, 6.45) is 1.71. The van der Waals surface area contributed by atoms with Gasteiger partial charge in [0.1, 0.15) is 17.7 Å². The highest BCUT2D eigenvalue weighted by molar-refractivity contribution is 5.79. The molecule has 0 bridgehead atoms. The van der Waals surface area contributed by atoms with Crippen LogP contribution < -0.4 is 15.4 Å². The van der Waals surface area contributed by atoms with Crippen LogP contribution >= 0.6 is 0 Å². The Labute approximate surface area is 171 Å². The van der Waals surface area contributed by atoms with Gasteiger partial charge in [-0.15, -0.1) is 10.2 Å². The van der Waals surface area contributed by atoms with Crippen LogP contribution in [0.3, 0.4) is 0 Å². The number of hydrogen-bond donors (Lipinski definition) is 2. The van der Waals surface area contributed by atoms with E-state index in [0.29, 0.717) is 19.0 Å². The van der Waals surface area contributed by atoms with Crippen LogP contribution in [0.15, 0.2) is 65.9 Å². The Balaban J connectivity index is 1.62. The number of benzene rings is 2. The van der Waals surface area contributed by atoms with Gasteiger partial charge in [0.05, 0.1) is 6.54 Å². The lowest BCUT2D eigenvalue weighted by Crippen LogP contribution is -2.37. The van der Waals surface area contributed by atoms with Crippen molar-refractivity contribution in [2.75, 3.05) is 7.05 Å². The molecule has 1 heterocycles. The molecule has 29 heavy (non-hydrogen) atoms. The number of aromatic nitrogens is 3. The quantitative estimate of drug-likeness (QED) is 0.497. The number of hydrogen-bond acceptors (Lipinski definition) is 4. The molecule has 0 saturated heterocycles. The minimum Gasteiger partial charge on any atom is -0.488 e. The van der Waals surface area contributed by atoms with Crippen molar-refractivity contribution in [1.29, 1.82) is 0 Å². The normalized spacial score (nSPS) is 11.9. The lowest BCUT2D eigenvalue weighted by molar-refractivity contribution is 0.129. The molecule has 0 amide bonds. The van der Waals surface area contributed by atoms with Crippen molar-refractivity contribution in [1.82, 2.24) is 25.4 Å². The molecule has 7 heteroatoms. The van der Waals surface area contributed by atoms with Crippen LogP contribution in [0.4, 0.5) is 0 Å². The van der Waals surface area contributed by atoms with Crippen molar-refractivity contribution in [3.63, 3.8) is 0 Å². The van der Waals surface area contributed by atoms with E-state index in [4.69, 9.17) is 4.74 Å². The largest absolute Gasteiger partial charge is 0.488 e. The molecule has 0 spiro atoms. The summed E-state index contributed by atoms with van der Waals surface area (Å²) in [5, 5.41) is 14.9. The first kappa shape index (κ1) is 20.4. The second-order valence-electron chi connectivity index (χ2n) is 7.55. The number of para-hydroxylation sites is 2. The summed E-state index contributed by atoms with van der Waals surface area (Å²) in [7, 11) is 1.74. The fourth-order valence-electron chi connectivity index (χ4n) is 2.83. The maximum Gasteiger partial charge on any atom is 0.191 e. The van der Waals surface area contributed by atoms with Crippen LogP contribution in [0.2, 0.25) is 0 Å². The molecule has 0 unspecified atom stereocenters. The monoisotopic (exact) mass is 392 g/mol. The van der Waals surface area contributed by atoms with E-state index in [2.05, 4.69) is 25.8 Å². The molecule has 0 saturated carbocycles. The van der Waals surface area contributed by atoms with E-state index in [1.807, 2.05) is 79.9 Å². The highest BCUT2D eigenvalue weighted by Crippen LogP contribution is 2.22. The molecule has 7 nitrogen and oxygen atoms in total. The minimum atomic E-state index is -0.252.